The van der Waals surface area contributed by atoms with E-state index in [2.05, 4.69) is 39.9 Å². The van der Waals surface area contributed by atoms with Crippen LogP contribution in [0.25, 0.3) is 0 Å². The number of aryl methyl sites for hydroxylation is 3. The fourth-order valence-electron chi connectivity index (χ4n) is 2.76. The molecule has 0 saturated heterocycles. The largest absolute Gasteiger partial charge is 0.334 e. The highest BCUT2D eigenvalue weighted by Crippen LogP contribution is 2.26. The van der Waals surface area contributed by atoms with Crippen LogP contribution in [0, 0.1) is 13.8 Å². The maximum Gasteiger partial charge on any atom is 0.113 e. The monoisotopic (exact) mass is 276 g/mol. The second-order valence-corrected chi connectivity index (χ2v) is 6.20. The molecular weight excluding hydrogens is 256 g/mol. The van der Waals surface area contributed by atoms with Gasteiger partial charge in [0.1, 0.15) is 5.82 Å². The summed E-state index contributed by atoms with van der Waals surface area (Å²) < 4.78 is 2.32. The van der Waals surface area contributed by atoms with Gasteiger partial charge in [-0.05, 0) is 26.7 Å². The van der Waals surface area contributed by atoms with E-state index in [0.29, 0.717) is 5.92 Å². The number of imidazole rings is 1. The van der Waals surface area contributed by atoms with Crippen LogP contribution in [0.4, 0.5) is 0 Å². The quantitative estimate of drug-likeness (QED) is 0.933. The first-order valence-electron chi connectivity index (χ1n) is 6.87. The van der Waals surface area contributed by atoms with E-state index in [1.54, 1.807) is 11.3 Å². The number of hydrogen-bond donors (Lipinski definition) is 1. The molecule has 0 amide bonds. The Morgan fingerprint density at radius 2 is 2.37 bits per heavy atom. The predicted molar refractivity (Wildman–Crippen MR) is 77.5 cm³/mol. The number of aromatic nitrogens is 3. The topological polar surface area (TPSA) is 42.7 Å². The van der Waals surface area contributed by atoms with Gasteiger partial charge in [0.2, 0.25) is 0 Å². The van der Waals surface area contributed by atoms with Crippen LogP contribution in [0.3, 0.4) is 0 Å². The second kappa shape index (κ2) is 5.43. The Labute approximate surface area is 117 Å². The number of hydrogen-bond acceptors (Lipinski definition) is 4. The van der Waals surface area contributed by atoms with E-state index in [-0.39, 0.29) is 0 Å². The minimum absolute atomic E-state index is 0.552. The molecule has 0 unspecified atom stereocenters. The summed E-state index contributed by atoms with van der Waals surface area (Å²) in [7, 11) is 0. The van der Waals surface area contributed by atoms with Crippen molar-refractivity contribution in [3.05, 3.63) is 33.8 Å². The highest BCUT2D eigenvalue weighted by Gasteiger charge is 2.21. The summed E-state index contributed by atoms with van der Waals surface area (Å²) in [5, 5.41) is 3.57. The molecule has 1 aliphatic rings. The van der Waals surface area contributed by atoms with E-state index >= 15 is 0 Å². The van der Waals surface area contributed by atoms with E-state index in [0.717, 1.165) is 31.0 Å². The smallest absolute Gasteiger partial charge is 0.113 e. The molecule has 3 rings (SSSR count). The zero-order chi connectivity index (χ0) is 13.2. The van der Waals surface area contributed by atoms with Gasteiger partial charge in [-0.3, -0.25) is 0 Å². The maximum absolute atomic E-state index is 4.68. The van der Waals surface area contributed by atoms with E-state index in [1.165, 1.54) is 23.5 Å². The van der Waals surface area contributed by atoms with Crippen LogP contribution >= 0.6 is 11.3 Å². The maximum atomic E-state index is 4.68. The zero-order valence-electron chi connectivity index (χ0n) is 11.5. The molecule has 0 bridgehead atoms. The van der Waals surface area contributed by atoms with Crippen molar-refractivity contribution in [1.29, 1.82) is 0 Å². The third-order valence-corrected chi connectivity index (χ3v) is 4.70. The molecule has 0 fully saturated rings. The van der Waals surface area contributed by atoms with Crippen molar-refractivity contribution in [3.63, 3.8) is 0 Å². The zero-order valence-corrected chi connectivity index (χ0v) is 12.3. The first-order chi connectivity index (χ1) is 9.24. The number of nitrogens with zero attached hydrogens (tertiary/aromatic N) is 3. The van der Waals surface area contributed by atoms with Crippen molar-refractivity contribution in [1.82, 2.24) is 19.9 Å². The van der Waals surface area contributed by atoms with Crippen LogP contribution in [0.15, 0.2) is 11.7 Å². The molecule has 1 N–H and O–H groups in total. The lowest BCUT2D eigenvalue weighted by Crippen LogP contribution is -2.26. The molecule has 0 saturated carbocycles. The fourth-order valence-corrected chi connectivity index (χ4v) is 3.50. The molecule has 0 aliphatic carbocycles. The summed E-state index contributed by atoms with van der Waals surface area (Å²) in [6.07, 6.45) is 4.68. The van der Waals surface area contributed by atoms with E-state index < -0.39 is 0 Å². The lowest BCUT2D eigenvalue weighted by Gasteiger charge is -2.23. The van der Waals surface area contributed by atoms with Crippen molar-refractivity contribution < 1.29 is 0 Å². The minimum atomic E-state index is 0.552. The SMILES string of the molecule is Cc1cn2c(n1)[C@@H](CNCc1scnc1C)CCC2. The molecule has 1 aliphatic heterocycles. The Bertz CT molecular complexity index is 558. The van der Waals surface area contributed by atoms with Crippen LogP contribution in [-0.2, 0) is 13.1 Å². The van der Waals surface area contributed by atoms with Crippen molar-refractivity contribution in [2.75, 3.05) is 6.54 Å². The van der Waals surface area contributed by atoms with Crippen LogP contribution in [-0.4, -0.2) is 21.1 Å². The van der Waals surface area contributed by atoms with Crippen LogP contribution in [0.2, 0.25) is 0 Å². The van der Waals surface area contributed by atoms with Crippen LogP contribution in [0.5, 0.6) is 0 Å². The van der Waals surface area contributed by atoms with Gasteiger partial charge in [0, 0.05) is 36.6 Å². The summed E-state index contributed by atoms with van der Waals surface area (Å²) in [6, 6.07) is 0. The molecule has 4 nitrogen and oxygen atoms in total. The van der Waals surface area contributed by atoms with E-state index in [9.17, 15) is 0 Å². The van der Waals surface area contributed by atoms with Gasteiger partial charge in [-0.1, -0.05) is 0 Å². The van der Waals surface area contributed by atoms with Gasteiger partial charge in [-0.15, -0.1) is 11.3 Å². The highest BCUT2D eigenvalue weighted by atomic mass is 32.1. The highest BCUT2D eigenvalue weighted by molar-refractivity contribution is 7.09. The Hall–Kier alpha value is -1.20. The first-order valence-corrected chi connectivity index (χ1v) is 7.75. The summed E-state index contributed by atoms with van der Waals surface area (Å²) in [5.41, 5.74) is 4.21. The van der Waals surface area contributed by atoms with Crippen molar-refractivity contribution in [3.8, 4) is 0 Å². The molecule has 0 aromatic carbocycles. The second-order valence-electron chi connectivity index (χ2n) is 5.26. The standard InChI is InChI=1S/C14H20N4S/c1-10-8-18-5-3-4-12(14(18)17-10)6-15-7-13-11(2)16-9-19-13/h8-9,12,15H,3-7H2,1-2H3/t12-/m1/s1. The first kappa shape index (κ1) is 12.8. The minimum Gasteiger partial charge on any atom is -0.334 e. The molecule has 1 atom stereocenters. The number of fused-ring (bicyclic) bond motifs is 1. The Morgan fingerprint density at radius 1 is 1.47 bits per heavy atom. The molecule has 5 heteroatoms. The van der Waals surface area contributed by atoms with Crippen molar-refractivity contribution in [2.24, 2.45) is 0 Å². The summed E-state index contributed by atoms with van der Waals surface area (Å²) in [6.45, 7) is 7.21. The Morgan fingerprint density at radius 3 is 3.16 bits per heavy atom. The lowest BCUT2D eigenvalue weighted by atomic mass is 9.99. The molecular formula is C14H20N4S. The number of rotatable bonds is 4. The number of thiazole rings is 1. The van der Waals surface area contributed by atoms with Crippen LogP contribution in [0.1, 0.15) is 40.8 Å². The fraction of sp³-hybridized carbons (Fsp3) is 0.571. The van der Waals surface area contributed by atoms with Gasteiger partial charge in [0.25, 0.3) is 0 Å². The van der Waals surface area contributed by atoms with Gasteiger partial charge in [0.05, 0.1) is 16.9 Å². The van der Waals surface area contributed by atoms with Gasteiger partial charge < -0.3 is 9.88 Å². The van der Waals surface area contributed by atoms with E-state index in [1.807, 2.05) is 5.51 Å². The molecule has 0 spiro atoms. The third kappa shape index (κ3) is 2.72. The molecule has 19 heavy (non-hydrogen) atoms. The van der Waals surface area contributed by atoms with Crippen LogP contribution < -0.4 is 5.32 Å². The van der Waals surface area contributed by atoms with Crippen molar-refractivity contribution >= 4 is 11.3 Å². The third-order valence-electron chi connectivity index (χ3n) is 3.77. The number of nitrogens with one attached hydrogen (secondary N) is 1. The predicted octanol–water partition coefficient (Wildman–Crippen LogP) is 2.62. The molecule has 0 radical (unpaired) electrons. The van der Waals surface area contributed by atoms with Gasteiger partial charge >= 0.3 is 0 Å². The summed E-state index contributed by atoms with van der Waals surface area (Å²) in [5.74, 6) is 1.81. The van der Waals surface area contributed by atoms with Gasteiger partial charge in [-0.25, -0.2) is 9.97 Å². The normalized spacial score (nSPS) is 18.5. The van der Waals surface area contributed by atoms with Crippen molar-refractivity contribution in [2.45, 2.75) is 45.7 Å². The lowest BCUT2D eigenvalue weighted by molar-refractivity contribution is 0.423. The average molecular weight is 276 g/mol. The summed E-state index contributed by atoms with van der Waals surface area (Å²) in [4.78, 5) is 10.3. The molecule has 2 aromatic rings. The van der Waals surface area contributed by atoms with Gasteiger partial charge in [-0.2, -0.15) is 0 Å². The Kier molecular flexibility index (Phi) is 3.66. The Balaban J connectivity index is 1.60. The van der Waals surface area contributed by atoms with Gasteiger partial charge in [0.15, 0.2) is 0 Å². The molecule has 3 heterocycles. The average Bonchev–Trinajstić information content (AvgIpc) is 2.95. The summed E-state index contributed by atoms with van der Waals surface area (Å²) >= 11 is 1.73. The molecule has 102 valence electrons. The van der Waals surface area contributed by atoms with E-state index in [4.69, 9.17) is 0 Å². The molecule has 2 aromatic heterocycles.